The van der Waals surface area contributed by atoms with Gasteiger partial charge in [-0.3, -0.25) is 0 Å². The molecule has 0 aliphatic carbocycles. The van der Waals surface area contributed by atoms with Crippen molar-refractivity contribution in [3.05, 3.63) is 34.5 Å². The Morgan fingerprint density at radius 1 is 1.26 bits per heavy atom. The maximum atomic E-state index is 6.16. The van der Waals surface area contributed by atoms with Crippen LogP contribution in [0.1, 0.15) is 11.1 Å². The Labute approximate surface area is 118 Å². The molecule has 2 heterocycles. The molecule has 0 atom stereocenters. The predicted octanol–water partition coefficient (Wildman–Crippen LogP) is 2.58. The molecule has 0 bridgehead atoms. The van der Waals surface area contributed by atoms with Crippen LogP contribution < -0.4 is 5.32 Å². The van der Waals surface area contributed by atoms with Gasteiger partial charge < -0.3 is 15.2 Å². The third kappa shape index (κ3) is 2.64. The van der Waals surface area contributed by atoms with E-state index in [1.807, 2.05) is 6.07 Å². The van der Waals surface area contributed by atoms with Crippen LogP contribution in [0.3, 0.4) is 0 Å². The van der Waals surface area contributed by atoms with Gasteiger partial charge in [0, 0.05) is 49.3 Å². The monoisotopic (exact) mass is 277 g/mol. The molecule has 4 heteroatoms. The zero-order valence-corrected chi connectivity index (χ0v) is 12.1. The standard InChI is InChI=1S/C15H20ClN3/c1-11-14(16)3-2-13-12(10-18-15(11)13)4-7-19-8-5-17-6-9-19/h2-3,10,17-18H,4-9H2,1H3. The molecular formula is C15H20ClN3. The summed E-state index contributed by atoms with van der Waals surface area (Å²) in [7, 11) is 0. The van der Waals surface area contributed by atoms with Gasteiger partial charge in [-0.1, -0.05) is 17.7 Å². The summed E-state index contributed by atoms with van der Waals surface area (Å²) >= 11 is 6.16. The van der Waals surface area contributed by atoms with Crippen molar-refractivity contribution in [3.63, 3.8) is 0 Å². The van der Waals surface area contributed by atoms with Gasteiger partial charge in [0.1, 0.15) is 0 Å². The summed E-state index contributed by atoms with van der Waals surface area (Å²) in [5.74, 6) is 0. The second-order valence-corrected chi connectivity index (χ2v) is 5.66. The number of hydrogen-bond acceptors (Lipinski definition) is 2. The fourth-order valence-corrected chi connectivity index (χ4v) is 2.95. The van der Waals surface area contributed by atoms with Gasteiger partial charge >= 0.3 is 0 Å². The van der Waals surface area contributed by atoms with Crippen molar-refractivity contribution in [2.45, 2.75) is 13.3 Å². The minimum Gasteiger partial charge on any atom is -0.361 e. The van der Waals surface area contributed by atoms with Crippen LogP contribution in [-0.4, -0.2) is 42.6 Å². The topological polar surface area (TPSA) is 31.1 Å². The summed E-state index contributed by atoms with van der Waals surface area (Å²) in [6, 6.07) is 4.13. The van der Waals surface area contributed by atoms with Crippen LogP contribution in [0.15, 0.2) is 18.3 Å². The Morgan fingerprint density at radius 3 is 2.84 bits per heavy atom. The molecular weight excluding hydrogens is 258 g/mol. The lowest BCUT2D eigenvalue weighted by Crippen LogP contribution is -2.44. The summed E-state index contributed by atoms with van der Waals surface area (Å²) in [6.07, 6.45) is 3.23. The van der Waals surface area contributed by atoms with Gasteiger partial charge in [-0.2, -0.15) is 0 Å². The molecule has 1 aliphatic rings. The van der Waals surface area contributed by atoms with Crippen molar-refractivity contribution in [2.75, 3.05) is 32.7 Å². The number of aryl methyl sites for hydroxylation is 1. The Morgan fingerprint density at radius 2 is 2.05 bits per heavy atom. The molecule has 0 radical (unpaired) electrons. The van der Waals surface area contributed by atoms with Crippen LogP contribution in [0.2, 0.25) is 5.02 Å². The number of rotatable bonds is 3. The maximum Gasteiger partial charge on any atom is 0.0501 e. The largest absolute Gasteiger partial charge is 0.361 e. The molecule has 2 N–H and O–H groups in total. The normalized spacial score (nSPS) is 17.2. The minimum atomic E-state index is 0.836. The van der Waals surface area contributed by atoms with Crippen LogP contribution in [-0.2, 0) is 6.42 Å². The van der Waals surface area contributed by atoms with E-state index in [1.165, 1.54) is 16.5 Å². The quantitative estimate of drug-likeness (QED) is 0.904. The molecule has 1 saturated heterocycles. The Bertz CT molecular complexity index is 570. The van der Waals surface area contributed by atoms with E-state index in [9.17, 15) is 0 Å². The van der Waals surface area contributed by atoms with E-state index >= 15 is 0 Å². The molecule has 1 fully saturated rings. The van der Waals surface area contributed by atoms with E-state index in [0.717, 1.165) is 49.7 Å². The van der Waals surface area contributed by atoms with Gasteiger partial charge in [0.15, 0.2) is 0 Å². The molecule has 0 spiro atoms. The highest BCUT2D eigenvalue weighted by Gasteiger charge is 2.12. The van der Waals surface area contributed by atoms with Crippen LogP contribution >= 0.6 is 11.6 Å². The summed E-state index contributed by atoms with van der Waals surface area (Å²) in [5, 5.41) is 5.54. The average Bonchev–Trinajstić information content (AvgIpc) is 2.86. The molecule has 102 valence electrons. The average molecular weight is 278 g/mol. The predicted molar refractivity (Wildman–Crippen MR) is 81.1 cm³/mol. The molecule has 0 amide bonds. The third-order valence-corrected chi connectivity index (χ3v) is 4.45. The van der Waals surface area contributed by atoms with Crippen LogP contribution in [0.25, 0.3) is 10.9 Å². The number of benzene rings is 1. The Hall–Kier alpha value is -1.03. The number of nitrogens with one attached hydrogen (secondary N) is 2. The fraction of sp³-hybridized carbons (Fsp3) is 0.467. The molecule has 1 aromatic carbocycles. The second kappa shape index (κ2) is 5.53. The fourth-order valence-electron chi connectivity index (χ4n) is 2.80. The summed E-state index contributed by atoms with van der Waals surface area (Å²) in [4.78, 5) is 5.90. The zero-order valence-electron chi connectivity index (χ0n) is 11.3. The highest BCUT2D eigenvalue weighted by molar-refractivity contribution is 6.32. The first kappa shape index (κ1) is 13.0. The Balaban J connectivity index is 1.76. The number of aromatic nitrogens is 1. The SMILES string of the molecule is Cc1c(Cl)ccc2c(CCN3CCNCC3)c[nH]c12. The van der Waals surface area contributed by atoms with Crippen molar-refractivity contribution in [3.8, 4) is 0 Å². The lowest BCUT2D eigenvalue weighted by molar-refractivity contribution is 0.244. The summed E-state index contributed by atoms with van der Waals surface area (Å²) in [5.41, 5.74) is 3.73. The van der Waals surface area contributed by atoms with Crippen LogP contribution in [0, 0.1) is 6.92 Å². The van der Waals surface area contributed by atoms with E-state index in [2.05, 4.69) is 34.4 Å². The van der Waals surface area contributed by atoms with Crippen molar-refractivity contribution in [1.29, 1.82) is 0 Å². The van der Waals surface area contributed by atoms with E-state index < -0.39 is 0 Å². The van der Waals surface area contributed by atoms with E-state index in [-0.39, 0.29) is 0 Å². The van der Waals surface area contributed by atoms with Crippen molar-refractivity contribution >= 4 is 22.5 Å². The number of piperazine rings is 1. The number of hydrogen-bond donors (Lipinski definition) is 2. The van der Waals surface area contributed by atoms with E-state index in [0.29, 0.717) is 0 Å². The molecule has 3 nitrogen and oxygen atoms in total. The third-order valence-electron chi connectivity index (χ3n) is 4.04. The Kier molecular flexibility index (Phi) is 3.78. The lowest BCUT2D eigenvalue weighted by Gasteiger charge is -2.26. The molecule has 1 aliphatic heterocycles. The van der Waals surface area contributed by atoms with Crippen LogP contribution in [0.4, 0.5) is 0 Å². The first-order valence-corrected chi connectivity index (χ1v) is 7.31. The van der Waals surface area contributed by atoms with Gasteiger partial charge in [0.05, 0.1) is 5.52 Å². The van der Waals surface area contributed by atoms with Gasteiger partial charge in [-0.05, 0) is 30.5 Å². The van der Waals surface area contributed by atoms with Gasteiger partial charge in [-0.25, -0.2) is 0 Å². The van der Waals surface area contributed by atoms with E-state index in [1.54, 1.807) is 0 Å². The first-order chi connectivity index (χ1) is 9.25. The van der Waals surface area contributed by atoms with Gasteiger partial charge in [0.2, 0.25) is 0 Å². The van der Waals surface area contributed by atoms with Crippen molar-refractivity contribution in [1.82, 2.24) is 15.2 Å². The molecule has 2 aromatic rings. The van der Waals surface area contributed by atoms with Crippen molar-refractivity contribution in [2.24, 2.45) is 0 Å². The molecule has 3 rings (SSSR count). The number of aromatic amines is 1. The number of fused-ring (bicyclic) bond motifs is 1. The zero-order chi connectivity index (χ0) is 13.2. The minimum absolute atomic E-state index is 0.836. The lowest BCUT2D eigenvalue weighted by atomic mass is 10.1. The molecule has 0 saturated carbocycles. The number of H-pyrrole nitrogens is 1. The smallest absolute Gasteiger partial charge is 0.0501 e. The van der Waals surface area contributed by atoms with E-state index in [4.69, 9.17) is 11.6 Å². The first-order valence-electron chi connectivity index (χ1n) is 6.94. The molecule has 0 unspecified atom stereocenters. The second-order valence-electron chi connectivity index (χ2n) is 5.25. The molecule has 19 heavy (non-hydrogen) atoms. The number of nitrogens with zero attached hydrogens (tertiary/aromatic N) is 1. The van der Waals surface area contributed by atoms with Crippen LogP contribution in [0.5, 0.6) is 0 Å². The maximum absolute atomic E-state index is 6.16. The highest BCUT2D eigenvalue weighted by Crippen LogP contribution is 2.27. The van der Waals surface area contributed by atoms with Gasteiger partial charge in [0.25, 0.3) is 0 Å². The summed E-state index contributed by atoms with van der Waals surface area (Å²) in [6.45, 7) is 7.75. The summed E-state index contributed by atoms with van der Waals surface area (Å²) < 4.78 is 0. The van der Waals surface area contributed by atoms with Gasteiger partial charge in [-0.15, -0.1) is 0 Å². The highest BCUT2D eigenvalue weighted by atomic mass is 35.5. The molecule has 1 aromatic heterocycles. The van der Waals surface area contributed by atoms with Crippen molar-refractivity contribution < 1.29 is 0 Å². The number of halogens is 1.